The van der Waals surface area contributed by atoms with Gasteiger partial charge in [-0.25, -0.2) is 9.88 Å². The monoisotopic (exact) mass is 418 g/mol. The normalized spacial score (nSPS) is 15.8. The summed E-state index contributed by atoms with van der Waals surface area (Å²) in [5.74, 6) is 0.799. The molecule has 0 N–H and O–H groups in total. The van der Waals surface area contributed by atoms with Crippen molar-refractivity contribution in [1.82, 2.24) is 4.98 Å². The number of furan rings is 1. The van der Waals surface area contributed by atoms with Crippen molar-refractivity contribution in [3.63, 3.8) is 0 Å². The maximum absolute atomic E-state index is 12.8. The van der Waals surface area contributed by atoms with Gasteiger partial charge in [-0.05, 0) is 60.6 Å². The van der Waals surface area contributed by atoms with Gasteiger partial charge in [-0.1, -0.05) is 24.3 Å². The van der Waals surface area contributed by atoms with E-state index in [2.05, 4.69) is 4.98 Å². The molecule has 0 atom stereocenters. The van der Waals surface area contributed by atoms with Crippen molar-refractivity contribution in [2.45, 2.75) is 6.92 Å². The third-order valence-electron chi connectivity index (χ3n) is 4.46. The molecule has 2 aromatic carbocycles. The average molecular weight is 418 g/mol. The summed E-state index contributed by atoms with van der Waals surface area (Å²) < 4.78 is 6.96. The van der Waals surface area contributed by atoms with Gasteiger partial charge in [-0.3, -0.25) is 9.59 Å². The van der Waals surface area contributed by atoms with Gasteiger partial charge in [0.15, 0.2) is 10.8 Å². The van der Waals surface area contributed by atoms with E-state index in [0.717, 1.165) is 32.5 Å². The molecule has 29 heavy (non-hydrogen) atoms. The Balaban J connectivity index is 1.44. The highest BCUT2D eigenvalue weighted by Crippen LogP contribution is 2.37. The summed E-state index contributed by atoms with van der Waals surface area (Å²) in [6.07, 6.45) is 1.61. The van der Waals surface area contributed by atoms with E-state index in [4.69, 9.17) is 4.42 Å². The van der Waals surface area contributed by atoms with Gasteiger partial charge in [0.05, 0.1) is 20.8 Å². The first-order valence-electron chi connectivity index (χ1n) is 8.89. The molecular weight excluding hydrogens is 404 g/mol. The highest BCUT2D eigenvalue weighted by Gasteiger charge is 2.36. The van der Waals surface area contributed by atoms with Crippen LogP contribution in [0.2, 0.25) is 0 Å². The van der Waals surface area contributed by atoms with E-state index in [0.29, 0.717) is 22.1 Å². The van der Waals surface area contributed by atoms with Gasteiger partial charge < -0.3 is 4.42 Å². The second-order valence-corrected chi connectivity index (χ2v) is 8.57. The van der Waals surface area contributed by atoms with Gasteiger partial charge in [0, 0.05) is 6.08 Å². The number of imide groups is 1. The van der Waals surface area contributed by atoms with Crippen LogP contribution in [0.3, 0.4) is 0 Å². The molecule has 0 radical (unpaired) electrons. The van der Waals surface area contributed by atoms with Gasteiger partial charge in [-0.15, -0.1) is 11.3 Å². The molecule has 142 valence electrons. The van der Waals surface area contributed by atoms with E-state index in [1.165, 1.54) is 4.90 Å². The van der Waals surface area contributed by atoms with Crippen LogP contribution in [0.4, 0.5) is 10.5 Å². The Morgan fingerprint density at radius 1 is 1.03 bits per heavy atom. The summed E-state index contributed by atoms with van der Waals surface area (Å²) >= 11 is 2.46. The highest BCUT2D eigenvalue weighted by molar-refractivity contribution is 8.19. The summed E-state index contributed by atoms with van der Waals surface area (Å²) in [5, 5.41) is 0.462. The number of carbonyl (C=O) groups is 2. The van der Waals surface area contributed by atoms with E-state index in [1.54, 1.807) is 29.5 Å². The lowest BCUT2D eigenvalue weighted by Crippen LogP contribution is -2.27. The zero-order valence-electron chi connectivity index (χ0n) is 15.3. The van der Waals surface area contributed by atoms with Crippen molar-refractivity contribution < 1.29 is 14.0 Å². The number of carbonyl (C=O) groups excluding carboxylic acids is 2. The fourth-order valence-corrected chi connectivity index (χ4v) is 4.86. The number of nitrogens with zero attached hydrogens (tertiary/aromatic N) is 2. The van der Waals surface area contributed by atoms with Gasteiger partial charge in [-0.2, -0.15) is 0 Å². The van der Waals surface area contributed by atoms with Crippen LogP contribution >= 0.6 is 23.1 Å². The molecule has 0 unspecified atom stereocenters. The quantitative estimate of drug-likeness (QED) is 0.376. The molecule has 5 nitrogen and oxygen atoms in total. The molecule has 0 saturated carbocycles. The highest BCUT2D eigenvalue weighted by atomic mass is 32.2. The summed E-state index contributed by atoms with van der Waals surface area (Å²) in [7, 11) is 0. The number of hydrogen-bond donors (Lipinski definition) is 0. The third kappa shape index (κ3) is 3.28. The van der Waals surface area contributed by atoms with Crippen molar-refractivity contribution in [3.8, 4) is 10.8 Å². The van der Waals surface area contributed by atoms with Gasteiger partial charge in [0.1, 0.15) is 5.76 Å². The van der Waals surface area contributed by atoms with E-state index in [1.807, 2.05) is 55.5 Å². The standard InChI is InChI=1S/C22H14N2O3S2/c1-13-5-4-6-14(11-13)24-21(25)19(29-22(24)26)12-15-9-10-17(27-15)20-23-16-7-2-3-8-18(16)28-20/h2-12H,1H3/b19-12-. The maximum Gasteiger partial charge on any atom is 0.298 e. The first-order valence-corrected chi connectivity index (χ1v) is 10.5. The Bertz CT molecular complexity index is 1270. The SMILES string of the molecule is Cc1cccc(N2C(=O)S/C(=C\c3ccc(-c4nc5ccccc5s4)o3)C2=O)c1. The Labute approximate surface area is 174 Å². The third-order valence-corrected chi connectivity index (χ3v) is 6.38. The molecular formula is C22H14N2O3S2. The van der Waals surface area contributed by atoms with Crippen LogP contribution in [0, 0.1) is 6.92 Å². The Morgan fingerprint density at radius 2 is 1.90 bits per heavy atom. The van der Waals surface area contributed by atoms with Crippen LogP contribution in [0.5, 0.6) is 0 Å². The minimum atomic E-state index is -0.344. The molecule has 0 spiro atoms. The topological polar surface area (TPSA) is 63.4 Å². The van der Waals surface area contributed by atoms with E-state index >= 15 is 0 Å². The van der Waals surface area contributed by atoms with Crippen LogP contribution in [-0.2, 0) is 4.79 Å². The summed E-state index contributed by atoms with van der Waals surface area (Å²) in [6.45, 7) is 1.92. The number of aryl methyl sites for hydroxylation is 1. The molecule has 4 aromatic rings. The Morgan fingerprint density at radius 3 is 2.72 bits per heavy atom. The molecule has 3 heterocycles. The fraction of sp³-hybridized carbons (Fsp3) is 0.0455. The lowest BCUT2D eigenvalue weighted by molar-refractivity contribution is -0.113. The average Bonchev–Trinajstić information content (AvgIpc) is 3.40. The predicted molar refractivity (Wildman–Crippen MR) is 117 cm³/mol. The number of hydrogen-bond acceptors (Lipinski definition) is 6. The zero-order valence-corrected chi connectivity index (χ0v) is 16.9. The number of rotatable bonds is 3. The first kappa shape index (κ1) is 17.9. The van der Waals surface area contributed by atoms with Gasteiger partial charge >= 0.3 is 0 Å². The second-order valence-electron chi connectivity index (χ2n) is 6.54. The second kappa shape index (κ2) is 7.02. The van der Waals surface area contributed by atoms with Crippen LogP contribution in [-0.4, -0.2) is 16.1 Å². The minimum absolute atomic E-state index is 0.315. The fourth-order valence-electron chi connectivity index (χ4n) is 3.11. The van der Waals surface area contributed by atoms with Crippen molar-refractivity contribution in [2.75, 3.05) is 4.90 Å². The number of benzene rings is 2. The molecule has 1 aliphatic rings. The maximum atomic E-state index is 12.8. The van der Waals surface area contributed by atoms with Crippen molar-refractivity contribution >= 4 is 56.2 Å². The smallest absolute Gasteiger partial charge is 0.298 e. The molecule has 7 heteroatoms. The molecule has 2 amide bonds. The molecule has 5 rings (SSSR count). The summed E-state index contributed by atoms with van der Waals surface area (Å²) in [5.41, 5.74) is 2.48. The van der Waals surface area contributed by atoms with Crippen molar-refractivity contribution in [3.05, 3.63) is 76.9 Å². The van der Waals surface area contributed by atoms with Gasteiger partial charge in [0.25, 0.3) is 11.1 Å². The molecule has 1 fully saturated rings. The van der Waals surface area contributed by atoms with Crippen LogP contribution in [0.1, 0.15) is 11.3 Å². The minimum Gasteiger partial charge on any atom is -0.454 e. The number of fused-ring (bicyclic) bond motifs is 1. The van der Waals surface area contributed by atoms with Crippen molar-refractivity contribution in [2.24, 2.45) is 0 Å². The lowest BCUT2D eigenvalue weighted by Gasteiger charge is -2.12. The van der Waals surface area contributed by atoms with E-state index in [-0.39, 0.29) is 11.1 Å². The van der Waals surface area contributed by atoms with Crippen LogP contribution in [0.25, 0.3) is 27.1 Å². The summed E-state index contributed by atoms with van der Waals surface area (Å²) in [6, 6.07) is 18.8. The van der Waals surface area contributed by atoms with Crippen molar-refractivity contribution in [1.29, 1.82) is 0 Å². The predicted octanol–water partition coefficient (Wildman–Crippen LogP) is 6.11. The molecule has 0 aliphatic carbocycles. The zero-order chi connectivity index (χ0) is 20.0. The number of aromatic nitrogens is 1. The molecule has 0 bridgehead atoms. The Kier molecular flexibility index (Phi) is 4.34. The number of para-hydroxylation sites is 1. The first-order chi connectivity index (χ1) is 14.1. The van der Waals surface area contributed by atoms with E-state index in [9.17, 15) is 9.59 Å². The molecule has 2 aromatic heterocycles. The van der Waals surface area contributed by atoms with Gasteiger partial charge in [0.2, 0.25) is 0 Å². The number of thioether (sulfide) groups is 1. The number of thiazole rings is 1. The lowest BCUT2D eigenvalue weighted by atomic mass is 10.2. The Hall–Kier alpha value is -3.16. The number of amides is 2. The largest absolute Gasteiger partial charge is 0.454 e. The van der Waals surface area contributed by atoms with Crippen LogP contribution in [0.15, 0.2) is 70.0 Å². The number of anilines is 1. The molecule has 1 saturated heterocycles. The van der Waals surface area contributed by atoms with Crippen LogP contribution < -0.4 is 4.90 Å². The summed E-state index contributed by atoms with van der Waals surface area (Å²) in [4.78, 5) is 31.3. The van der Waals surface area contributed by atoms with E-state index < -0.39 is 0 Å². The molecule has 1 aliphatic heterocycles.